The van der Waals surface area contributed by atoms with Crippen molar-refractivity contribution in [2.75, 3.05) is 26.4 Å². The van der Waals surface area contributed by atoms with Gasteiger partial charge in [-0.2, -0.15) is 0 Å². The molecule has 2 N–H and O–H groups in total. The van der Waals surface area contributed by atoms with Crippen LogP contribution in [-0.4, -0.2) is 37.3 Å². The van der Waals surface area contributed by atoms with E-state index in [1.54, 1.807) is 0 Å². The van der Waals surface area contributed by atoms with Crippen molar-refractivity contribution in [2.45, 2.75) is 17.4 Å². The number of benzene rings is 1. The minimum absolute atomic E-state index is 0.289. The topological polar surface area (TPSA) is 29.3 Å². The summed E-state index contributed by atoms with van der Waals surface area (Å²) in [6.07, 6.45) is 1.06. The van der Waals surface area contributed by atoms with Gasteiger partial charge < -0.3 is 10.6 Å². The van der Waals surface area contributed by atoms with Crippen LogP contribution in [0.15, 0.2) is 35.2 Å². The molecule has 0 radical (unpaired) electrons. The standard InChI is InChI=1S/C12H20N2S/c1-14(2)9-8-11(13)10-15-12-6-4-3-5-7-12/h3-7,11H,8-10,13H2,1-2H3. The number of nitrogens with two attached hydrogens (primary N) is 1. The molecule has 0 aliphatic carbocycles. The van der Waals surface area contributed by atoms with Crippen molar-refractivity contribution in [3.63, 3.8) is 0 Å². The zero-order chi connectivity index (χ0) is 11.1. The number of nitrogens with zero attached hydrogens (tertiary/aromatic N) is 1. The lowest BCUT2D eigenvalue weighted by Crippen LogP contribution is -2.28. The third kappa shape index (κ3) is 5.82. The van der Waals surface area contributed by atoms with Crippen molar-refractivity contribution in [1.82, 2.24) is 4.90 Å². The Morgan fingerprint density at radius 1 is 1.27 bits per heavy atom. The monoisotopic (exact) mass is 224 g/mol. The first-order valence-electron chi connectivity index (χ1n) is 5.26. The minimum Gasteiger partial charge on any atom is -0.327 e. The summed E-state index contributed by atoms with van der Waals surface area (Å²) in [5, 5.41) is 0. The van der Waals surface area contributed by atoms with Gasteiger partial charge in [0.05, 0.1) is 0 Å². The van der Waals surface area contributed by atoms with Gasteiger partial charge in [-0.3, -0.25) is 0 Å². The summed E-state index contributed by atoms with van der Waals surface area (Å²) in [6.45, 7) is 1.07. The molecule has 1 rings (SSSR count). The van der Waals surface area contributed by atoms with Crippen LogP contribution in [-0.2, 0) is 0 Å². The molecule has 0 aromatic heterocycles. The molecule has 0 aliphatic heterocycles. The van der Waals surface area contributed by atoms with E-state index < -0.39 is 0 Å². The Bertz CT molecular complexity index is 262. The average Bonchev–Trinajstić information content (AvgIpc) is 2.25. The third-order valence-corrected chi connectivity index (χ3v) is 3.35. The molecule has 0 amide bonds. The second-order valence-corrected chi connectivity index (χ2v) is 5.07. The summed E-state index contributed by atoms with van der Waals surface area (Å²) < 4.78 is 0. The van der Waals surface area contributed by atoms with E-state index in [-0.39, 0.29) is 6.04 Å². The molecular weight excluding hydrogens is 204 g/mol. The average molecular weight is 224 g/mol. The highest BCUT2D eigenvalue weighted by molar-refractivity contribution is 7.99. The second-order valence-electron chi connectivity index (χ2n) is 3.98. The summed E-state index contributed by atoms with van der Waals surface area (Å²) in [7, 11) is 4.16. The molecule has 1 aromatic carbocycles. The third-order valence-electron chi connectivity index (χ3n) is 2.15. The molecular formula is C12H20N2S. The lowest BCUT2D eigenvalue weighted by atomic mass is 10.2. The summed E-state index contributed by atoms with van der Waals surface area (Å²) >= 11 is 1.84. The number of thioether (sulfide) groups is 1. The first-order chi connectivity index (χ1) is 7.18. The van der Waals surface area contributed by atoms with Crippen LogP contribution in [0.4, 0.5) is 0 Å². The van der Waals surface area contributed by atoms with Crippen LogP contribution < -0.4 is 5.73 Å². The molecule has 0 heterocycles. The molecule has 1 unspecified atom stereocenters. The fourth-order valence-corrected chi connectivity index (χ4v) is 2.15. The van der Waals surface area contributed by atoms with Gasteiger partial charge in [0.25, 0.3) is 0 Å². The number of hydrogen-bond donors (Lipinski definition) is 1. The van der Waals surface area contributed by atoms with Crippen LogP contribution in [0.25, 0.3) is 0 Å². The van der Waals surface area contributed by atoms with E-state index in [0.29, 0.717) is 0 Å². The molecule has 0 spiro atoms. The van der Waals surface area contributed by atoms with Crippen LogP contribution >= 0.6 is 11.8 Å². The van der Waals surface area contributed by atoms with E-state index in [2.05, 4.69) is 43.3 Å². The number of hydrogen-bond acceptors (Lipinski definition) is 3. The molecule has 3 heteroatoms. The summed E-state index contributed by atoms with van der Waals surface area (Å²) in [4.78, 5) is 3.48. The first-order valence-corrected chi connectivity index (χ1v) is 6.25. The fraction of sp³-hybridized carbons (Fsp3) is 0.500. The molecule has 0 bridgehead atoms. The maximum atomic E-state index is 6.02. The van der Waals surface area contributed by atoms with Crippen LogP contribution in [0, 0.1) is 0 Å². The smallest absolute Gasteiger partial charge is 0.0146 e. The second kappa shape index (κ2) is 6.88. The van der Waals surface area contributed by atoms with Crippen LogP contribution in [0.1, 0.15) is 6.42 Å². The predicted octanol–water partition coefficient (Wildman–Crippen LogP) is 2.06. The lowest BCUT2D eigenvalue weighted by molar-refractivity contribution is 0.387. The summed E-state index contributed by atoms with van der Waals surface area (Å²) in [5.41, 5.74) is 6.02. The molecule has 2 nitrogen and oxygen atoms in total. The van der Waals surface area contributed by atoms with Crippen molar-refractivity contribution in [3.05, 3.63) is 30.3 Å². The molecule has 1 aromatic rings. The van der Waals surface area contributed by atoms with Gasteiger partial charge in [0.2, 0.25) is 0 Å². The Balaban J connectivity index is 2.19. The SMILES string of the molecule is CN(C)CCC(N)CSc1ccccc1. The molecule has 0 saturated heterocycles. The Kier molecular flexibility index (Phi) is 5.76. The molecule has 0 fully saturated rings. The van der Waals surface area contributed by atoms with Gasteiger partial charge >= 0.3 is 0 Å². The normalized spacial score (nSPS) is 13.1. The van der Waals surface area contributed by atoms with Gasteiger partial charge in [-0.1, -0.05) is 18.2 Å². The van der Waals surface area contributed by atoms with Crippen molar-refractivity contribution in [2.24, 2.45) is 5.73 Å². The predicted molar refractivity (Wildman–Crippen MR) is 68.3 cm³/mol. The quantitative estimate of drug-likeness (QED) is 0.750. The van der Waals surface area contributed by atoms with Crippen molar-refractivity contribution in [3.8, 4) is 0 Å². The molecule has 0 aliphatic rings. The van der Waals surface area contributed by atoms with Crippen LogP contribution in [0.5, 0.6) is 0 Å². The van der Waals surface area contributed by atoms with Gasteiger partial charge in [0.1, 0.15) is 0 Å². The largest absolute Gasteiger partial charge is 0.327 e. The molecule has 15 heavy (non-hydrogen) atoms. The van der Waals surface area contributed by atoms with Crippen molar-refractivity contribution >= 4 is 11.8 Å². The van der Waals surface area contributed by atoms with Gasteiger partial charge in [0, 0.05) is 16.7 Å². The summed E-state index contributed by atoms with van der Waals surface area (Å²) in [5.74, 6) is 0.998. The Morgan fingerprint density at radius 2 is 1.93 bits per heavy atom. The Labute approximate surface area is 96.8 Å². The van der Waals surface area contributed by atoms with Gasteiger partial charge in [-0.15, -0.1) is 11.8 Å². The summed E-state index contributed by atoms with van der Waals surface area (Å²) in [6, 6.07) is 10.7. The van der Waals surface area contributed by atoms with Gasteiger partial charge in [-0.05, 0) is 39.2 Å². The Hall–Kier alpha value is -0.510. The minimum atomic E-state index is 0.289. The molecule has 1 atom stereocenters. The van der Waals surface area contributed by atoms with E-state index in [9.17, 15) is 0 Å². The lowest BCUT2D eigenvalue weighted by Gasteiger charge is -2.14. The highest BCUT2D eigenvalue weighted by Crippen LogP contribution is 2.17. The number of rotatable bonds is 6. The first kappa shape index (κ1) is 12.6. The maximum Gasteiger partial charge on any atom is 0.0146 e. The van der Waals surface area contributed by atoms with E-state index in [1.165, 1.54) is 4.90 Å². The maximum absolute atomic E-state index is 6.02. The fourth-order valence-electron chi connectivity index (χ4n) is 1.23. The molecule has 0 saturated carbocycles. The van der Waals surface area contributed by atoms with E-state index >= 15 is 0 Å². The van der Waals surface area contributed by atoms with E-state index in [0.717, 1.165) is 18.7 Å². The van der Waals surface area contributed by atoms with Gasteiger partial charge in [-0.25, -0.2) is 0 Å². The van der Waals surface area contributed by atoms with Gasteiger partial charge in [0.15, 0.2) is 0 Å². The molecule has 84 valence electrons. The van der Waals surface area contributed by atoms with Crippen molar-refractivity contribution in [1.29, 1.82) is 0 Å². The highest BCUT2D eigenvalue weighted by Gasteiger charge is 2.03. The highest BCUT2D eigenvalue weighted by atomic mass is 32.2. The zero-order valence-corrected chi connectivity index (χ0v) is 10.3. The van der Waals surface area contributed by atoms with Crippen LogP contribution in [0.3, 0.4) is 0 Å². The Morgan fingerprint density at radius 3 is 2.53 bits per heavy atom. The zero-order valence-electron chi connectivity index (χ0n) is 9.52. The van der Waals surface area contributed by atoms with Crippen molar-refractivity contribution < 1.29 is 0 Å². The van der Waals surface area contributed by atoms with E-state index in [1.807, 2.05) is 17.8 Å². The van der Waals surface area contributed by atoms with E-state index in [4.69, 9.17) is 5.73 Å². The van der Waals surface area contributed by atoms with Crippen LogP contribution in [0.2, 0.25) is 0 Å².